The molecule has 0 saturated heterocycles. The second-order valence-corrected chi connectivity index (χ2v) is 7.52. The lowest BCUT2D eigenvalue weighted by Crippen LogP contribution is -2.15. The molecule has 7 heteroatoms. The van der Waals surface area contributed by atoms with Crippen molar-refractivity contribution in [3.63, 3.8) is 0 Å². The molecule has 0 bridgehead atoms. The maximum Gasteiger partial charge on any atom is 0.248 e. The van der Waals surface area contributed by atoms with Gasteiger partial charge in [0.25, 0.3) is 0 Å². The lowest BCUT2D eigenvalue weighted by Gasteiger charge is -2.16. The highest BCUT2D eigenvalue weighted by atomic mass is 79.9. The number of hydrogen-bond acceptors (Lipinski definition) is 4. The van der Waals surface area contributed by atoms with Crippen molar-refractivity contribution in [2.24, 2.45) is 5.73 Å². The largest absolute Gasteiger partial charge is 0.381 e. The van der Waals surface area contributed by atoms with E-state index in [9.17, 15) is 4.79 Å². The molecule has 0 aliphatic carbocycles. The van der Waals surface area contributed by atoms with E-state index in [0.717, 1.165) is 39.1 Å². The molecule has 1 amide bonds. The summed E-state index contributed by atoms with van der Waals surface area (Å²) in [6.45, 7) is 1.33. The number of aromatic amines is 1. The molecule has 0 fully saturated rings. The molecule has 27 heavy (non-hydrogen) atoms. The van der Waals surface area contributed by atoms with Gasteiger partial charge in [0.05, 0.1) is 11.9 Å². The smallest absolute Gasteiger partial charge is 0.248 e. The van der Waals surface area contributed by atoms with Crippen LogP contribution in [0.2, 0.25) is 0 Å². The average Bonchev–Trinajstić information content (AvgIpc) is 3.09. The standard InChI is InChI=1S/C20H22BrN5O/c1-26(2)12-15-4-3-14(20(22)27)9-18(15)23-10-16-11-24-25-19(16)13-5-7-17(21)8-6-13/h3-9,11,23H,10,12H2,1-2H3,(H2,22,27)(H,24,25). The van der Waals surface area contributed by atoms with Crippen LogP contribution in [0.15, 0.2) is 53.1 Å². The third-order valence-electron chi connectivity index (χ3n) is 4.20. The second kappa shape index (κ2) is 8.37. The third-order valence-corrected chi connectivity index (χ3v) is 4.73. The van der Waals surface area contributed by atoms with Gasteiger partial charge < -0.3 is 16.0 Å². The molecule has 0 aliphatic heterocycles. The summed E-state index contributed by atoms with van der Waals surface area (Å²) in [7, 11) is 4.01. The Balaban J connectivity index is 1.84. The molecule has 0 aliphatic rings. The Hall–Kier alpha value is -2.64. The van der Waals surface area contributed by atoms with Gasteiger partial charge >= 0.3 is 0 Å². The summed E-state index contributed by atoms with van der Waals surface area (Å²) in [6.07, 6.45) is 1.81. The van der Waals surface area contributed by atoms with Crippen molar-refractivity contribution < 1.29 is 4.79 Å². The zero-order chi connectivity index (χ0) is 19.4. The summed E-state index contributed by atoms with van der Waals surface area (Å²) in [6, 6.07) is 13.6. The topological polar surface area (TPSA) is 87.0 Å². The van der Waals surface area contributed by atoms with Crippen molar-refractivity contribution in [3.05, 3.63) is 69.8 Å². The molecule has 0 spiro atoms. The van der Waals surface area contributed by atoms with E-state index in [1.807, 2.05) is 50.6 Å². The lowest BCUT2D eigenvalue weighted by molar-refractivity contribution is 0.100. The van der Waals surface area contributed by atoms with Crippen molar-refractivity contribution in [3.8, 4) is 11.3 Å². The normalized spacial score (nSPS) is 11.0. The Kier molecular flexibility index (Phi) is 5.93. The maximum atomic E-state index is 11.6. The van der Waals surface area contributed by atoms with E-state index >= 15 is 0 Å². The fraction of sp³-hybridized carbons (Fsp3) is 0.200. The maximum absolute atomic E-state index is 11.6. The molecule has 6 nitrogen and oxygen atoms in total. The summed E-state index contributed by atoms with van der Waals surface area (Å²) in [5, 5.41) is 10.7. The van der Waals surface area contributed by atoms with Crippen LogP contribution in [0.4, 0.5) is 5.69 Å². The highest BCUT2D eigenvalue weighted by Crippen LogP contribution is 2.25. The molecule has 3 rings (SSSR count). The Morgan fingerprint density at radius 1 is 1.19 bits per heavy atom. The molecular weight excluding hydrogens is 406 g/mol. The number of benzene rings is 2. The summed E-state index contributed by atoms with van der Waals surface area (Å²) >= 11 is 3.45. The number of aromatic nitrogens is 2. The van der Waals surface area contributed by atoms with Crippen LogP contribution in [0.25, 0.3) is 11.3 Å². The van der Waals surface area contributed by atoms with Crippen LogP contribution in [-0.2, 0) is 13.1 Å². The van der Waals surface area contributed by atoms with E-state index in [4.69, 9.17) is 5.73 Å². The molecule has 3 aromatic rings. The quantitative estimate of drug-likeness (QED) is 0.537. The van der Waals surface area contributed by atoms with Crippen LogP contribution < -0.4 is 11.1 Å². The summed E-state index contributed by atoms with van der Waals surface area (Å²) in [5.41, 5.74) is 11.0. The van der Waals surface area contributed by atoms with Gasteiger partial charge in [-0.1, -0.05) is 34.1 Å². The molecule has 4 N–H and O–H groups in total. The molecular formula is C20H22BrN5O. The molecule has 0 atom stereocenters. The average molecular weight is 428 g/mol. The first kappa shape index (κ1) is 19.1. The van der Waals surface area contributed by atoms with Gasteiger partial charge in [0.1, 0.15) is 0 Å². The summed E-state index contributed by atoms with van der Waals surface area (Å²) in [5.74, 6) is -0.437. The molecule has 0 radical (unpaired) electrons. The first-order valence-corrected chi connectivity index (χ1v) is 9.33. The van der Waals surface area contributed by atoms with Gasteiger partial charge in [0, 0.05) is 34.4 Å². The van der Waals surface area contributed by atoms with Crippen LogP contribution in [0, 0.1) is 0 Å². The number of rotatable bonds is 7. The van der Waals surface area contributed by atoms with Gasteiger partial charge in [0.2, 0.25) is 5.91 Å². The Labute approximate surface area is 166 Å². The van der Waals surface area contributed by atoms with Gasteiger partial charge in [-0.05, 0) is 49.5 Å². The number of primary amides is 1. The van der Waals surface area contributed by atoms with Gasteiger partial charge in [-0.25, -0.2) is 0 Å². The van der Waals surface area contributed by atoms with Crippen molar-refractivity contribution in [1.29, 1.82) is 0 Å². The van der Waals surface area contributed by atoms with Crippen LogP contribution in [0.3, 0.4) is 0 Å². The zero-order valence-electron chi connectivity index (χ0n) is 15.3. The first-order valence-electron chi connectivity index (χ1n) is 8.53. The molecule has 1 aromatic heterocycles. The van der Waals surface area contributed by atoms with E-state index in [2.05, 4.69) is 36.3 Å². The molecule has 140 valence electrons. The zero-order valence-corrected chi connectivity index (χ0v) is 16.9. The predicted octanol–water partition coefficient (Wildman–Crippen LogP) is 3.61. The number of carbonyl (C=O) groups excluding carboxylic acids is 1. The van der Waals surface area contributed by atoms with Crippen molar-refractivity contribution in [2.45, 2.75) is 13.1 Å². The third kappa shape index (κ3) is 4.75. The Morgan fingerprint density at radius 3 is 2.59 bits per heavy atom. The molecule has 0 saturated carbocycles. The SMILES string of the molecule is CN(C)Cc1ccc(C(N)=O)cc1NCc1cn[nH]c1-c1ccc(Br)cc1. The van der Waals surface area contributed by atoms with Crippen molar-refractivity contribution >= 4 is 27.5 Å². The number of halogens is 1. The molecule has 2 aromatic carbocycles. The number of carbonyl (C=O) groups is 1. The van der Waals surface area contributed by atoms with E-state index < -0.39 is 5.91 Å². The van der Waals surface area contributed by atoms with Gasteiger partial charge in [-0.3, -0.25) is 9.89 Å². The van der Waals surface area contributed by atoms with Crippen molar-refractivity contribution in [2.75, 3.05) is 19.4 Å². The number of H-pyrrole nitrogens is 1. The minimum Gasteiger partial charge on any atom is -0.381 e. The number of anilines is 1. The van der Waals surface area contributed by atoms with Gasteiger partial charge in [0.15, 0.2) is 0 Å². The van der Waals surface area contributed by atoms with E-state index in [1.54, 1.807) is 12.1 Å². The molecule has 1 heterocycles. The lowest BCUT2D eigenvalue weighted by atomic mass is 10.1. The summed E-state index contributed by atoms with van der Waals surface area (Å²) < 4.78 is 1.03. The number of nitrogens with zero attached hydrogens (tertiary/aromatic N) is 2. The molecule has 0 unspecified atom stereocenters. The van der Waals surface area contributed by atoms with Gasteiger partial charge in [-0.15, -0.1) is 0 Å². The number of nitrogens with two attached hydrogens (primary N) is 1. The van der Waals surface area contributed by atoms with E-state index in [0.29, 0.717) is 12.1 Å². The summed E-state index contributed by atoms with van der Waals surface area (Å²) in [4.78, 5) is 13.6. The first-order chi connectivity index (χ1) is 12.9. The van der Waals surface area contributed by atoms with Crippen LogP contribution in [0.5, 0.6) is 0 Å². The minimum atomic E-state index is -0.437. The Bertz CT molecular complexity index is 934. The van der Waals surface area contributed by atoms with Gasteiger partial charge in [-0.2, -0.15) is 5.10 Å². The minimum absolute atomic E-state index is 0.437. The van der Waals surface area contributed by atoms with Crippen LogP contribution in [-0.4, -0.2) is 35.1 Å². The second-order valence-electron chi connectivity index (χ2n) is 6.60. The van der Waals surface area contributed by atoms with Crippen molar-refractivity contribution in [1.82, 2.24) is 15.1 Å². The fourth-order valence-electron chi connectivity index (χ4n) is 2.87. The fourth-order valence-corrected chi connectivity index (χ4v) is 3.14. The number of amides is 1. The Morgan fingerprint density at radius 2 is 1.93 bits per heavy atom. The van der Waals surface area contributed by atoms with E-state index in [1.165, 1.54) is 0 Å². The van der Waals surface area contributed by atoms with E-state index in [-0.39, 0.29) is 0 Å². The predicted molar refractivity (Wildman–Crippen MR) is 111 cm³/mol. The monoisotopic (exact) mass is 427 g/mol. The van der Waals surface area contributed by atoms with Crippen LogP contribution >= 0.6 is 15.9 Å². The highest BCUT2D eigenvalue weighted by molar-refractivity contribution is 9.10. The number of hydrogen-bond donors (Lipinski definition) is 3. The number of nitrogens with one attached hydrogen (secondary N) is 2. The van der Waals surface area contributed by atoms with Crippen LogP contribution in [0.1, 0.15) is 21.5 Å². The highest BCUT2D eigenvalue weighted by Gasteiger charge is 2.11.